The van der Waals surface area contributed by atoms with E-state index in [2.05, 4.69) is 106 Å². The molecule has 0 atom stereocenters. The fraction of sp³-hybridized carbons (Fsp3) is 0.345. The Bertz CT molecular complexity index is 1060. The van der Waals surface area contributed by atoms with Crippen LogP contribution in [0.3, 0.4) is 0 Å². The van der Waals surface area contributed by atoms with Gasteiger partial charge in [-0.15, -0.1) is 0 Å². The van der Waals surface area contributed by atoms with Crippen LogP contribution in [-0.2, 0) is 5.66 Å². The highest BCUT2D eigenvalue weighted by Crippen LogP contribution is 2.54. The van der Waals surface area contributed by atoms with Crippen LogP contribution < -0.4 is 9.80 Å². The summed E-state index contributed by atoms with van der Waals surface area (Å²) in [6, 6.07) is 18.1. The lowest BCUT2D eigenvalue weighted by Crippen LogP contribution is -2.67. The normalized spacial score (nSPS) is 17.0. The Morgan fingerprint density at radius 2 is 1.13 bits per heavy atom. The maximum absolute atomic E-state index is 3.93. The molecule has 2 nitrogen and oxygen atoms in total. The first-order valence-corrected chi connectivity index (χ1v) is 11.4. The highest BCUT2D eigenvalue weighted by Gasteiger charge is 2.55. The summed E-state index contributed by atoms with van der Waals surface area (Å²) in [5.74, 6) is 0. The third-order valence-corrected chi connectivity index (χ3v) is 6.97. The molecule has 1 spiro atoms. The summed E-state index contributed by atoms with van der Waals surface area (Å²) in [5.41, 5.74) is 13.0. The first-order valence-electron chi connectivity index (χ1n) is 11.4. The highest BCUT2D eigenvalue weighted by atomic mass is 15.4. The second kappa shape index (κ2) is 7.15. The first-order chi connectivity index (χ1) is 14.8. The van der Waals surface area contributed by atoms with Crippen molar-refractivity contribution < 1.29 is 0 Å². The molecule has 0 bridgehead atoms. The largest absolute Gasteiger partial charge is 0.344 e. The zero-order chi connectivity index (χ0) is 21.9. The van der Waals surface area contributed by atoms with Crippen molar-refractivity contribution in [2.45, 2.75) is 53.6 Å². The Hall–Kier alpha value is -2.74. The van der Waals surface area contributed by atoms with E-state index in [0.29, 0.717) is 0 Å². The Morgan fingerprint density at radius 1 is 0.677 bits per heavy atom. The third-order valence-electron chi connectivity index (χ3n) is 6.97. The van der Waals surface area contributed by atoms with Crippen molar-refractivity contribution in [1.82, 2.24) is 0 Å². The van der Waals surface area contributed by atoms with E-state index in [9.17, 15) is 0 Å². The van der Waals surface area contributed by atoms with Crippen molar-refractivity contribution >= 4 is 11.4 Å². The van der Waals surface area contributed by atoms with Crippen LogP contribution in [0.15, 0.2) is 48.5 Å². The molecule has 2 heteroatoms. The number of rotatable bonds is 2. The molecule has 1 fully saturated rings. The quantitative estimate of drug-likeness (QED) is 0.474. The van der Waals surface area contributed by atoms with E-state index in [1.165, 1.54) is 55.9 Å². The molecule has 2 aliphatic rings. The van der Waals surface area contributed by atoms with Gasteiger partial charge >= 0.3 is 0 Å². The summed E-state index contributed by atoms with van der Waals surface area (Å²) >= 11 is 0. The average molecular weight is 409 g/mol. The molecule has 158 valence electrons. The Morgan fingerprint density at radius 3 is 1.58 bits per heavy atom. The summed E-state index contributed by atoms with van der Waals surface area (Å²) in [6.07, 6.45) is 5.06. The van der Waals surface area contributed by atoms with Gasteiger partial charge in [0.25, 0.3) is 0 Å². The third kappa shape index (κ3) is 2.91. The van der Waals surface area contributed by atoms with Crippen LogP contribution in [0.1, 0.15) is 50.9 Å². The molecule has 1 heterocycles. The van der Waals surface area contributed by atoms with E-state index < -0.39 is 0 Å². The molecule has 0 N–H and O–H groups in total. The van der Waals surface area contributed by atoms with Crippen LogP contribution in [-0.4, -0.2) is 13.1 Å². The summed E-state index contributed by atoms with van der Waals surface area (Å²) in [6.45, 7) is 15.5. The van der Waals surface area contributed by atoms with Crippen LogP contribution in [0.5, 0.6) is 0 Å². The molecule has 1 aliphatic carbocycles. The van der Waals surface area contributed by atoms with Gasteiger partial charge in [-0.2, -0.15) is 0 Å². The molecule has 3 aromatic rings. The van der Waals surface area contributed by atoms with Crippen molar-refractivity contribution in [2.75, 3.05) is 22.9 Å². The summed E-state index contributed by atoms with van der Waals surface area (Å²) in [4.78, 5) is 5.25. The molecule has 3 aromatic carbocycles. The summed E-state index contributed by atoms with van der Waals surface area (Å²) in [5, 5.41) is 0. The minimum atomic E-state index is -0.357. The molecular formula is C29H32N2. The molecule has 0 saturated carbocycles. The van der Waals surface area contributed by atoms with Crippen molar-refractivity contribution in [2.24, 2.45) is 0 Å². The van der Waals surface area contributed by atoms with E-state index in [0.717, 1.165) is 19.5 Å². The molecule has 5 rings (SSSR count). The Balaban J connectivity index is 1.75. The fourth-order valence-electron chi connectivity index (χ4n) is 6.11. The number of aryl methyl sites for hydroxylation is 6. The predicted octanol–water partition coefficient (Wildman–Crippen LogP) is 6.55. The SMILES string of the molecule is Cc1cc(C)c(N2CCCN(c3c(C)cc(C)cc3C)C23[C]c2ccccc23)c(C)c1. The smallest absolute Gasteiger partial charge is 0.152 e. The van der Waals surface area contributed by atoms with Crippen LogP contribution >= 0.6 is 0 Å². The summed E-state index contributed by atoms with van der Waals surface area (Å²) in [7, 11) is 0. The van der Waals surface area contributed by atoms with Crippen LogP contribution in [0, 0.1) is 48.0 Å². The standard InChI is InChI=1S/C29H32N2/c1-19-14-21(3)27(22(4)15-19)30-12-9-13-31(28-23(5)16-20(2)17-24(28)6)29(30)18-25-10-7-8-11-26(25)29/h7-8,10-11,14-17H,9,12-13H2,1-6H3. The van der Waals surface area contributed by atoms with Crippen molar-refractivity contribution in [3.63, 3.8) is 0 Å². The van der Waals surface area contributed by atoms with Crippen molar-refractivity contribution in [1.29, 1.82) is 0 Å². The van der Waals surface area contributed by atoms with Crippen LogP contribution in [0.25, 0.3) is 0 Å². The lowest BCUT2D eigenvalue weighted by Gasteiger charge is -2.61. The molecule has 0 amide bonds. The van der Waals surface area contributed by atoms with Gasteiger partial charge in [0.05, 0.1) is 6.42 Å². The second-order valence-electron chi connectivity index (χ2n) is 9.49. The lowest BCUT2D eigenvalue weighted by atomic mass is 9.72. The van der Waals surface area contributed by atoms with E-state index in [1.54, 1.807) is 0 Å². The van der Waals surface area contributed by atoms with Crippen molar-refractivity contribution in [3.8, 4) is 0 Å². The minimum Gasteiger partial charge on any atom is -0.344 e. The maximum atomic E-state index is 3.93. The molecule has 0 unspecified atom stereocenters. The average Bonchev–Trinajstić information content (AvgIpc) is 2.66. The van der Waals surface area contributed by atoms with E-state index >= 15 is 0 Å². The monoisotopic (exact) mass is 408 g/mol. The number of fused-ring (bicyclic) bond motifs is 2. The first kappa shape index (κ1) is 20.2. The van der Waals surface area contributed by atoms with Crippen LogP contribution in [0.2, 0.25) is 0 Å². The predicted molar refractivity (Wildman–Crippen MR) is 131 cm³/mol. The molecule has 2 radical (unpaired) electrons. The molecule has 1 saturated heterocycles. The van der Waals surface area contributed by atoms with Gasteiger partial charge in [0.15, 0.2) is 5.66 Å². The van der Waals surface area contributed by atoms with Gasteiger partial charge in [-0.05, 0) is 75.8 Å². The molecule has 0 aromatic heterocycles. The Kier molecular flexibility index (Phi) is 4.66. The second-order valence-corrected chi connectivity index (χ2v) is 9.49. The van der Waals surface area contributed by atoms with Gasteiger partial charge in [0.1, 0.15) is 0 Å². The lowest BCUT2D eigenvalue weighted by molar-refractivity contribution is 0.356. The maximum Gasteiger partial charge on any atom is 0.152 e. The number of hydrogen-bond donors (Lipinski definition) is 0. The van der Waals surface area contributed by atoms with Gasteiger partial charge in [0, 0.05) is 30.0 Å². The molecule has 1 aliphatic heterocycles. The highest BCUT2D eigenvalue weighted by molar-refractivity contribution is 5.75. The van der Waals surface area contributed by atoms with Gasteiger partial charge in [-0.1, -0.05) is 59.7 Å². The van der Waals surface area contributed by atoms with E-state index in [4.69, 9.17) is 0 Å². The number of benzene rings is 3. The van der Waals surface area contributed by atoms with Gasteiger partial charge in [0.2, 0.25) is 0 Å². The van der Waals surface area contributed by atoms with Crippen LogP contribution in [0.4, 0.5) is 11.4 Å². The number of hydrogen-bond acceptors (Lipinski definition) is 2. The summed E-state index contributed by atoms with van der Waals surface area (Å²) < 4.78 is 0. The molecule has 31 heavy (non-hydrogen) atoms. The van der Waals surface area contributed by atoms with Gasteiger partial charge in [-0.3, -0.25) is 0 Å². The van der Waals surface area contributed by atoms with Gasteiger partial charge in [-0.25, -0.2) is 0 Å². The van der Waals surface area contributed by atoms with Gasteiger partial charge < -0.3 is 9.80 Å². The zero-order valence-electron chi connectivity index (χ0n) is 19.6. The number of anilines is 2. The fourth-order valence-corrected chi connectivity index (χ4v) is 6.11. The topological polar surface area (TPSA) is 6.48 Å². The van der Waals surface area contributed by atoms with Crippen molar-refractivity contribution in [3.05, 3.63) is 99.5 Å². The Labute approximate surface area is 187 Å². The minimum absolute atomic E-state index is 0.357. The molecular weight excluding hydrogens is 376 g/mol. The zero-order valence-corrected chi connectivity index (χ0v) is 19.6. The number of nitrogens with zero attached hydrogens (tertiary/aromatic N) is 2. The van der Waals surface area contributed by atoms with E-state index in [1.807, 2.05) is 0 Å². The van der Waals surface area contributed by atoms with E-state index in [-0.39, 0.29) is 5.66 Å².